The Morgan fingerprint density at radius 1 is 1.64 bits per heavy atom. The van der Waals surface area contributed by atoms with Crippen LogP contribution < -0.4 is 5.73 Å². The second-order valence-electron chi connectivity index (χ2n) is 3.09. The Bertz CT molecular complexity index is 186. The minimum Gasteiger partial charge on any atom is -0.317 e. The summed E-state index contributed by atoms with van der Waals surface area (Å²) in [4.78, 5) is 0. The zero-order valence-electron chi connectivity index (χ0n) is 6.84. The molecule has 11 heavy (non-hydrogen) atoms. The monoisotopic (exact) mass is 149 g/mol. The molecule has 1 unspecified atom stereocenters. The number of allylic oxidation sites excluding steroid dienone is 1. The highest BCUT2D eigenvalue weighted by atomic mass is 14.6. The van der Waals surface area contributed by atoms with Crippen molar-refractivity contribution in [3.05, 3.63) is 11.6 Å². The summed E-state index contributed by atoms with van der Waals surface area (Å²) in [6.07, 6.45) is 13.4. The first kappa shape index (κ1) is 8.36. The van der Waals surface area contributed by atoms with E-state index >= 15 is 0 Å². The van der Waals surface area contributed by atoms with Crippen LogP contribution in [0.15, 0.2) is 11.6 Å². The van der Waals surface area contributed by atoms with Gasteiger partial charge in [-0.1, -0.05) is 17.6 Å². The van der Waals surface area contributed by atoms with Gasteiger partial charge in [-0.15, -0.1) is 6.42 Å². The molecule has 1 atom stereocenters. The molecule has 0 heterocycles. The van der Waals surface area contributed by atoms with Gasteiger partial charge in [0.05, 0.1) is 6.04 Å². The van der Waals surface area contributed by atoms with E-state index in [1.165, 1.54) is 31.3 Å². The second-order valence-corrected chi connectivity index (χ2v) is 3.09. The fourth-order valence-corrected chi connectivity index (χ4v) is 1.43. The zero-order valence-corrected chi connectivity index (χ0v) is 6.84. The van der Waals surface area contributed by atoms with E-state index in [4.69, 9.17) is 12.2 Å². The summed E-state index contributed by atoms with van der Waals surface area (Å²) < 4.78 is 0. The fourth-order valence-electron chi connectivity index (χ4n) is 1.43. The SMILES string of the molecule is C#CC(N)CC1=CCCCC1. The highest BCUT2D eigenvalue weighted by Crippen LogP contribution is 2.20. The standard InChI is InChI=1S/C10H15N/c1-2-10(11)8-9-6-4-3-5-7-9/h1,6,10H,3-5,7-8,11H2. The highest BCUT2D eigenvalue weighted by Gasteiger charge is 2.06. The van der Waals surface area contributed by atoms with Crippen LogP contribution in [0.5, 0.6) is 0 Å². The van der Waals surface area contributed by atoms with Crippen molar-refractivity contribution in [2.24, 2.45) is 5.73 Å². The summed E-state index contributed by atoms with van der Waals surface area (Å²) in [5, 5.41) is 0. The summed E-state index contributed by atoms with van der Waals surface area (Å²) >= 11 is 0. The zero-order chi connectivity index (χ0) is 8.10. The molecule has 0 amide bonds. The number of hydrogen-bond acceptors (Lipinski definition) is 1. The van der Waals surface area contributed by atoms with E-state index < -0.39 is 0 Å². The largest absolute Gasteiger partial charge is 0.317 e. The molecule has 0 spiro atoms. The summed E-state index contributed by atoms with van der Waals surface area (Å²) in [5.74, 6) is 2.55. The minimum absolute atomic E-state index is 0.0700. The van der Waals surface area contributed by atoms with E-state index in [0.717, 1.165) is 6.42 Å². The number of nitrogens with two attached hydrogens (primary N) is 1. The summed E-state index contributed by atoms with van der Waals surface area (Å²) in [6.45, 7) is 0. The first-order chi connectivity index (χ1) is 5.33. The van der Waals surface area contributed by atoms with Crippen LogP contribution in [-0.4, -0.2) is 6.04 Å². The van der Waals surface area contributed by atoms with Crippen LogP contribution in [0.2, 0.25) is 0 Å². The summed E-state index contributed by atoms with van der Waals surface area (Å²) in [6, 6.07) is -0.0700. The van der Waals surface area contributed by atoms with Crippen molar-refractivity contribution >= 4 is 0 Å². The lowest BCUT2D eigenvalue weighted by Gasteiger charge is -2.13. The first-order valence-corrected chi connectivity index (χ1v) is 4.22. The van der Waals surface area contributed by atoms with Crippen molar-refractivity contribution in [3.63, 3.8) is 0 Å². The average molecular weight is 149 g/mol. The van der Waals surface area contributed by atoms with Crippen LogP contribution in [0.1, 0.15) is 32.1 Å². The van der Waals surface area contributed by atoms with Crippen LogP contribution in [-0.2, 0) is 0 Å². The van der Waals surface area contributed by atoms with Crippen molar-refractivity contribution in [2.75, 3.05) is 0 Å². The van der Waals surface area contributed by atoms with Gasteiger partial charge < -0.3 is 5.73 Å². The van der Waals surface area contributed by atoms with E-state index in [2.05, 4.69) is 12.0 Å². The van der Waals surface area contributed by atoms with Crippen LogP contribution in [0.4, 0.5) is 0 Å². The molecule has 0 aromatic heterocycles. The van der Waals surface area contributed by atoms with E-state index in [1.54, 1.807) is 0 Å². The molecule has 0 bridgehead atoms. The Morgan fingerprint density at radius 2 is 2.45 bits per heavy atom. The van der Waals surface area contributed by atoms with Crippen LogP contribution in [0, 0.1) is 12.3 Å². The smallest absolute Gasteiger partial charge is 0.0699 e. The number of hydrogen-bond donors (Lipinski definition) is 1. The normalized spacial score (nSPS) is 20.2. The Labute approximate surface area is 68.7 Å². The van der Waals surface area contributed by atoms with Gasteiger partial charge in [-0.25, -0.2) is 0 Å². The Morgan fingerprint density at radius 3 is 3.00 bits per heavy atom. The molecule has 1 aliphatic carbocycles. The third kappa shape index (κ3) is 2.78. The van der Waals surface area contributed by atoms with Crippen LogP contribution in [0.3, 0.4) is 0 Å². The summed E-state index contributed by atoms with van der Waals surface area (Å²) in [5.41, 5.74) is 7.09. The van der Waals surface area contributed by atoms with Gasteiger partial charge in [-0.2, -0.15) is 0 Å². The number of rotatable bonds is 2. The number of terminal acetylenes is 1. The van der Waals surface area contributed by atoms with Gasteiger partial charge in [0, 0.05) is 0 Å². The van der Waals surface area contributed by atoms with Crippen molar-refractivity contribution in [1.29, 1.82) is 0 Å². The van der Waals surface area contributed by atoms with Crippen molar-refractivity contribution < 1.29 is 0 Å². The molecule has 1 aliphatic rings. The fraction of sp³-hybridized carbons (Fsp3) is 0.600. The maximum absolute atomic E-state index is 5.63. The molecule has 60 valence electrons. The van der Waals surface area contributed by atoms with E-state index in [9.17, 15) is 0 Å². The quantitative estimate of drug-likeness (QED) is 0.470. The topological polar surface area (TPSA) is 26.0 Å². The minimum atomic E-state index is -0.0700. The first-order valence-electron chi connectivity index (χ1n) is 4.22. The van der Waals surface area contributed by atoms with Crippen LogP contribution in [0.25, 0.3) is 0 Å². The summed E-state index contributed by atoms with van der Waals surface area (Å²) in [7, 11) is 0. The molecular weight excluding hydrogens is 134 g/mol. The van der Waals surface area contributed by atoms with Gasteiger partial charge in [-0.3, -0.25) is 0 Å². The average Bonchev–Trinajstić information content (AvgIpc) is 2.06. The maximum Gasteiger partial charge on any atom is 0.0699 e. The molecule has 2 N–H and O–H groups in total. The van der Waals surface area contributed by atoms with Crippen molar-refractivity contribution in [2.45, 2.75) is 38.1 Å². The Kier molecular flexibility index (Phi) is 3.19. The van der Waals surface area contributed by atoms with Gasteiger partial charge in [0.2, 0.25) is 0 Å². The predicted molar refractivity (Wildman–Crippen MR) is 48.0 cm³/mol. The lowest BCUT2D eigenvalue weighted by molar-refractivity contribution is 0.659. The molecule has 0 aromatic rings. The van der Waals surface area contributed by atoms with Crippen molar-refractivity contribution in [1.82, 2.24) is 0 Å². The third-order valence-electron chi connectivity index (χ3n) is 2.08. The van der Waals surface area contributed by atoms with Gasteiger partial charge in [-0.05, 0) is 32.1 Å². The van der Waals surface area contributed by atoms with Gasteiger partial charge in [0.1, 0.15) is 0 Å². The Balaban J connectivity index is 2.36. The molecule has 0 aliphatic heterocycles. The molecular formula is C10H15N. The predicted octanol–water partition coefficient (Wildman–Crippen LogP) is 1.84. The maximum atomic E-state index is 5.63. The lowest BCUT2D eigenvalue weighted by Crippen LogP contribution is -2.18. The van der Waals surface area contributed by atoms with Gasteiger partial charge >= 0.3 is 0 Å². The lowest BCUT2D eigenvalue weighted by atomic mass is 9.95. The van der Waals surface area contributed by atoms with E-state index in [0.29, 0.717) is 0 Å². The molecule has 0 fully saturated rings. The molecule has 1 heteroatoms. The van der Waals surface area contributed by atoms with E-state index in [-0.39, 0.29) is 6.04 Å². The molecule has 1 rings (SSSR count). The third-order valence-corrected chi connectivity index (χ3v) is 2.08. The molecule has 0 saturated carbocycles. The molecule has 0 aromatic carbocycles. The molecule has 0 saturated heterocycles. The van der Waals surface area contributed by atoms with Crippen LogP contribution >= 0.6 is 0 Å². The van der Waals surface area contributed by atoms with E-state index in [1.807, 2.05) is 0 Å². The van der Waals surface area contributed by atoms with Crippen molar-refractivity contribution in [3.8, 4) is 12.3 Å². The van der Waals surface area contributed by atoms with Gasteiger partial charge in [0.25, 0.3) is 0 Å². The molecule has 1 nitrogen and oxygen atoms in total. The Hall–Kier alpha value is -0.740. The second kappa shape index (κ2) is 4.20. The van der Waals surface area contributed by atoms with Gasteiger partial charge in [0.15, 0.2) is 0 Å². The highest BCUT2D eigenvalue weighted by molar-refractivity contribution is 5.11. The molecule has 0 radical (unpaired) electrons.